The minimum atomic E-state index is -0.835. The quantitative estimate of drug-likeness (QED) is 0.283. The van der Waals surface area contributed by atoms with E-state index in [1.54, 1.807) is 54.6 Å². The summed E-state index contributed by atoms with van der Waals surface area (Å²) in [6, 6.07) is 14.8. The molecule has 1 heterocycles. The van der Waals surface area contributed by atoms with Gasteiger partial charge in [-0.1, -0.05) is 60.1 Å². The van der Waals surface area contributed by atoms with Gasteiger partial charge in [-0.05, 0) is 12.1 Å². The number of ketones is 3. The first-order chi connectivity index (χ1) is 17.4. The number of aliphatic hydroxyl groups is 1. The third-order valence-corrected chi connectivity index (χ3v) is 7.51. The number of carbonyl (C=O) groups is 3. The topological polar surface area (TPSA) is 98.5 Å². The summed E-state index contributed by atoms with van der Waals surface area (Å²) in [6.45, 7) is 0. The summed E-state index contributed by atoms with van der Waals surface area (Å²) in [4.78, 5) is 47.9. The van der Waals surface area contributed by atoms with Crippen LogP contribution in [0.15, 0.2) is 66.2 Å². The molecule has 1 aromatic heterocycles. The number of nitrogens with one attached hydrogen (secondary N) is 1. The van der Waals surface area contributed by atoms with Crippen LogP contribution in [0.4, 0.5) is 0 Å². The Bertz CT molecular complexity index is 1840. The van der Waals surface area contributed by atoms with E-state index in [0.29, 0.717) is 33.6 Å². The Kier molecular flexibility index (Phi) is 4.23. The molecule has 3 aliphatic carbocycles. The molecule has 1 atom stereocenters. The van der Waals surface area contributed by atoms with Crippen molar-refractivity contribution in [2.45, 2.75) is 5.38 Å². The lowest BCUT2D eigenvalue weighted by molar-refractivity contribution is -0.350. The summed E-state index contributed by atoms with van der Waals surface area (Å²) in [6.07, 6.45) is 1.54. The van der Waals surface area contributed by atoms with Gasteiger partial charge in [0, 0.05) is 33.4 Å². The molecule has 0 aliphatic heterocycles. The van der Waals surface area contributed by atoms with Crippen molar-refractivity contribution in [1.29, 1.82) is 0 Å². The summed E-state index contributed by atoms with van der Waals surface area (Å²) >= 11 is 13.3. The second-order valence-corrected chi connectivity index (χ2v) is 9.66. The van der Waals surface area contributed by atoms with Gasteiger partial charge in [0.2, 0.25) is 11.2 Å². The molecule has 4 aromatic rings. The highest BCUT2D eigenvalue weighted by atomic mass is 35.5. The van der Waals surface area contributed by atoms with Gasteiger partial charge >= 0.3 is 0 Å². The molecule has 1 unspecified atom stereocenters. The second-order valence-electron chi connectivity index (χ2n) is 8.79. The molecule has 0 amide bonds. The van der Waals surface area contributed by atoms with Crippen LogP contribution in [0.25, 0.3) is 22.4 Å². The fraction of sp³-hybridized carbons (Fsp3) is 0.0357. The number of hydrogen-bond donors (Lipinski definition) is 1. The van der Waals surface area contributed by atoms with Crippen molar-refractivity contribution in [2.75, 3.05) is 0 Å². The van der Waals surface area contributed by atoms with Crippen LogP contribution in [0.2, 0.25) is 5.02 Å². The van der Waals surface area contributed by atoms with Crippen molar-refractivity contribution in [3.05, 3.63) is 116 Å². The van der Waals surface area contributed by atoms with Gasteiger partial charge in [-0.15, -0.1) is 11.6 Å². The van der Waals surface area contributed by atoms with Crippen molar-refractivity contribution in [1.82, 2.24) is 4.98 Å². The van der Waals surface area contributed by atoms with Gasteiger partial charge in [-0.3, -0.25) is 14.4 Å². The Morgan fingerprint density at radius 2 is 1.44 bits per heavy atom. The van der Waals surface area contributed by atoms with E-state index in [-0.39, 0.29) is 61.5 Å². The third-order valence-electron chi connectivity index (χ3n) is 6.88. The number of nitrogens with zero attached hydrogens (tertiary/aromatic N) is 1. The van der Waals surface area contributed by atoms with E-state index in [0.717, 1.165) is 0 Å². The molecule has 6 nitrogen and oxygen atoms in total. The fourth-order valence-corrected chi connectivity index (χ4v) is 5.77. The lowest BCUT2D eigenvalue weighted by Gasteiger charge is -2.25. The molecule has 172 valence electrons. The Morgan fingerprint density at radius 3 is 2.14 bits per heavy atom. The highest BCUT2D eigenvalue weighted by Crippen LogP contribution is 2.46. The number of halogens is 2. The zero-order valence-electron chi connectivity index (χ0n) is 18.2. The number of fused-ring (bicyclic) bond motifs is 8. The standard InChI is InChI=1S/C28H12Cl2N2O4/c29-17-9-15-19(27(35)13-7-3-1-5-11(13)25(15)33)23-21(17)32-24-20-16(10-18(30)22(24)31-23)26(34)12-6-2-4-8-14(12)28(20)36/h1-10,17,35H/p+1. The second kappa shape index (κ2) is 7.20. The Hall–Kier alpha value is -4.13. The van der Waals surface area contributed by atoms with Gasteiger partial charge in [0.1, 0.15) is 32.9 Å². The van der Waals surface area contributed by atoms with E-state index in [9.17, 15) is 19.5 Å². The molecule has 0 radical (unpaired) electrons. The lowest BCUT2D eigenvalue weighted by Crippen LogP contribution is -2.28. The van der Waals surface area contributed by atoms with E-state index >= 15 is 0 Å². The molecule has 0 bridgehead atoms. The van der Waals surface area contributed by atoms with Crippen LogP contribution in [0.1, 0.15) is 64.5 Å². The van der Waals surface area contributed by atoms with Gasteiger partial charge in [0.05, 0.1) is 5.56 Å². The van der Waals surface area contributed by atoms with Crippen molar-refractivity contribution in [2.24, 2.45) is 0 Å². The van der Waals surface area contributed by atoms with Gasteiger partial charge < -0.3 is 5.11 Å². The van der Waals surface area contributed by atoms with Crippen molar-refractivity contribution in [3.8, 4) is 0 Å². The maximum absolute atomic E-state index is 13.5. The fourth-order valence-electron chi connectivity index (χ4n) is 5.24. The van der Waals surface area contributed by atoms with E-state index in [4.69, 9.17) is 28.2 Å². The summed E-state index contributed by atoms with van der Waals surface area (Å²) in [5.41, 5.74) is 3.34. The third kappa shape index (κ3) is 2.60. The molecule has 0 saturated heterocycles. The normalized spacial score (nSPS) is 17.8. The number of benzene rings is 3. The summed E-state index contributed by atoms with van der Waals surface area (Å²) < 4.78 is 0. The predicted octanol–water partition coefficient (Wildman–Crippen LogP) is 5.32. The highest BCUT2D eigenvalue weighted by molar-refractivity contribution is 6.39. The largest absolute Gasteiger partial charge is 0.506 e. The Balaban J connectivity index is 1.55. The first-order valence-electron chi connectivity index (χ1n) is 11.1. The number of hydrogen-bond acceptors (Lipinski definition) is 5. The number of alkyl halides is 1. The number of carbonyl (C=O) groups excluding carboxylic acids is 3. The molecular weight excluding hydrogens is 499 g/mol. The number of aromatic amines is 1. The maximum atomic E-state index is 13.5. The SMILES string of the molecule is O=C1C2=CC(Cl)c3nc4c5c(cc(Cl)c4[nH+]c3C2=C(O)c2ccccc21)C(=O)c1ccccc1C5=O. The molecule has 3 aromatic carbocycles. The van der Waals surface area contributed by atoms with Gasteiger partial charge in [-0.25, -0.2) is 4.98 Å². The summed E-state index contributed by atoms with van der Waals surface area (Å²) in [5.74, 6) is -1.02. The molecule has 0 spiro atoms. The van der Waals surface area contributed by atoms with Crippen LogP contribution in [0, 0.1) is 0 Å². The van der Waals surface area contributed by atoms with Crippen LogP contribution in [0.5, 0.6) is 0 Å². The molecule has 8 heteroatoms. The minimum absolute atomic E-state index is 0.0899. The van der Waals surface area contributed by atoms with E-state index in [1.807, 2.05) is 0 Å². The lowest BCUT2D eigenvalue weighted by atomic mass is 9.80. The molecule has 3 aliphatic rings. The maximum Gasteiger partial charge on any atom is 0.249 e. The average Bonchev–Trinajstić information content (AvgIpc) is 2.89. The van der Waals surface area contributed by atoms with Gasteiger partial charge in [0.25, 0.3) is 0 Å². The molecule has 7 rings (SSSR count). The van der Waals surface area contributed by atoms with E-state index in [1.165, 1.54) is 6.07 Å². The number of H-pyrrole nitrogens is 1. The average molecular weight is 512 g/mol. The number of allylic oxidation sites excluding steroid dienone is 3. The number of aliphatic hydroxyl groups excluding tert-OH is 1. The van der Waals surface area contributed by atoms with Crippen LogP contribution in [-0.2, 0) is 0 Å². The number of Topliss-reactive ketones (excluding diaryl/α,β-unsaturated/α-hetero) is 1. The molecule has 2 N–H and O–H groups in total. The van der Waals surface area contributed by atoms with E-state index in [2.05, 4.69) is 4.98 Å². The first-order valence-corrected chi connectivity index (χ1v) is 11.9. The van der Waals surface area contributed by atoms with Crippen LogP contribution in [-0.4, -0.2) is 27.4 Å². The molecule has 36 heavy (non-hydrogen) atoms. The van der Waals surface area contributed by atoms with E-state index < -0.39 is 5.38 Å². The van der Waals surface area contributed by atoms with Crippen LogP contribution >= 0.6 is 23.2 Å². The highest BCUT2D eigenvalue weighted by Gasteiger charge is 2.42. The zero-order valence-corrected chi connectivity index (χ0v) is 19.7. The molecule has 0 fully saturated rings. The molecule has 0 saturated carbocycles. The summed E-state index contributed by atoms with van der Waals surface area (Å²) in [5, 5.41) is 10.5. The van der Waals surface area contributed by atoms with Crippen LogP contribution in [0.3, 0.4) is 0 Å². The Labute approximate surface area is 213 Å². The van der Waals surface area contributed by atoms with Crippen molar-refractivity contribution >= 4 is 62.9 Å². The first kappa shape index (κ1) is 21.2. The number of rotatable bonds is 0. The summed E-state index contributed by atoms with van der Waals surface area (Å²) in [7, 11) is 0. The minimum Gasteiger partial charge on any atom is -0.506 e. The van der Waals surface area contributed by atoms with Crippen molar-refractivity contribution in [3.63, 3.8) is 0 Å². The smallest absolute Gasteiger partial charge is 0.249 e. The monoisotopic (exact) mass is 511 g/mol. The predicted molar refractivity (Wildman–Crippen MR) is 134 cm³/mol. The van der Waals surface area contributed by atoms with Gasteiger partial charge in [-0.2, -0.15) is 4.98 Å². The number of aromatic nitrogens is 2. The Morgan fingerprint density at radius 1 is 0.833 bits per heavy atom. The molecular formula is C28H13Cl2N2O4+. The zero-order chi connectivity index (χ0) is 24.9. The van der Waals surface area contributed by atoms with Crippen LogP contribution < -0.4 is 4.98 Å². The van der Waals surface area contributed by atoms with Crippen molar-refractivity contribution < 1.29 is 24.5 Å². The van der Waals surface area contributed by atoms with Gasteiger partial charge in [0.15, 0.2) is 17.3 Å².